The highest BCUT2D eigenvalue weighted by Gasteiger charge is 2.12. The van der Waals surface area contributed by atoms with Gasteiger partial charge in [-0.2, -0.15) is 0 Å². The first-order valence-electron chi connectivity index (χ1n) is 6.83. The number of hydrogen-bond donors (Lipinski definition) is 1. The van der Waals surface area contributed by atoms with E-state index in [1.54, 1.807) is 12.1 Å². The Morgan fingerprint density at radius 3 is 2.57 bits per heavy atom. The molecule has 4 heteroatoms. The van der Waals surface area contributed by atoms with Crippen molar-refractivity contribution in [2.24, 2.45) is 0 Å². The lowest BCUT2D eigenvalue weighted by Crippen LogP contribution is -2.26. The summed E-state index contributed by atoms with van der Waals surface area (Å²) < 4.78 is 13.9. The zero-order chi connectivity index (χ0) is 15.2. The Balaban J connectivity index is 2.23. The number of nitrogens with zero attached hydrogens (tertiary/aromatic N) is 1. The van der Waals surface area contributed by atoms with Crippen molar-refractivity contribution in [3.63, 3.8) is 0 Å². The number of rotatable bonds is 6. The summed E-state index contributed by atoms with van der Waals surface area (Å²) in [4.78, 5) is 12.7. The average Bonchev–Trinajstić information content (AvgIpc) is 2.47. The van der Waals surface area contributed by atoms with Crippen molar-refractivity contribution in [1.29, 1.82) is 0 Å². The van der Waals surface area contributed by atoms with E-state index in [-0.39, 0.29) is 12.2 Å². The zero-order valence-electron chi connectivity index (χ0n) is 11.9. The first-order valence-corrected chi connectivity index (χ1v) is 6.83. The van der Waals surface area contributed by atoms with Crippen LogP contribution in [0.15, 0.2) is 48.5 Å². The van der Waals surface area contributed by atoms with Gasteiger partial charge in [0.15, 0.2) is 0 Å². The number of benzene rings is 2. The van der Waals surface area contributed by atoms with Gasteiger partial charge in [0.1, 0.15) is 5.82 Å². The summed E-state index contributed by atoms with van der Waals surface area (Å²) in [6, 6.07) is 14.4. The molecule has 0 radical (unpaired) electrons. The van der Waals surface area contributed by atoms with Crippen LogP contribution in [0.3, 0.4) is 0 Å². The Labute approximate surface area is 123 Å². The van der Waals surface area contributed by atoms with E-state index in [0.29, 0.717) is 18.7 Å². The maximum Gasteiger partial charge on any atom is 0.305 e. The maximum atomic E-state index is 13.9. The van der Waals surface area contributed by atoms with Crippen LogP contribution in [-0.2, 0) is 11.3 Å². The molecule has 2 aromatic rings. The Morgan fingerprint density at radius 2 is 1.90 bits per heavy atom. The number of hydrogen-bond acceptors (Lipinski definition) is 2. The van der Waals surface area contributed by atoms with Crippen LogP contribution in [0.25, 0.3) is 0 Å². The highest BCUT2D eigenvalue weighted by molar-refractivity contribution is 5.67. The van der Waals surface area contributed by atoms with Crippen LogP contribution in [-0.4, -0.2) is 17.6 Å². The molecule has 0 aliphatic carbocycles. The normalized spacial score (nSPS) is 10.4. The summed E-state index contributed by atoms with van der Waals surface area (Å²) >= 11 is 0. The van der Waals surface area contributed by atoms with E-state index in [0.717, 1.165) is 11.3 Å². The molecule has 0 fully saturated rings. The summed E-state index contributed by atoms with van der Waals surface area (Å²) in [5.74, 6) is -1.13. The quantitative estimate of drug-likeness (QED) is 0.882. The Hall–Kier alpha value is -2.36. The lowest BCUT2D eigenvalue weighted by atomic mass is 10.1. The van der Waals surface area contributed by atoms with Crippen molar-refractivity contribution in [3.05, 3.63) is 65.5 Å². The Morgan fingerprint density at radius 1 is 1.19 bits per heavy atom. The van der Waals surface area contributed by atoms with Gasteiger partial charge in [0.25, 0.3) is 0 Å². The molecule has 0 amide bonds. The van der Waals surface area contributed by atoms with Crippen molar-refractivity contribution < 1.29 is 14.3 Å². The van der Waals surface area contributed by atoms with E-state index in [1.807, 2.05) is 42.2 Å². The van der Waals surface area contributed by atoms with Gasteiger partial charge in [-0.25, -0.2) is 4.39 Å². The molecule has 0 bridgehead atoms. The molecular formula is C17H18FNO2. The molecule has 0 aromatic heterocycles. The third-order valence-electron chi connectivity index (χ3n) is 3.28. The second-order valence-corrected chi connectivity index (χ2v) is 5.00. The monoisotopic (exact) mass is 287 g/mol. The topological polar surface area (TPSA) is 40.5 Å². The number of aliphatic carboxylic acids is 1. The SMILES string of the molecule is Cc1ccc(F)c(CN(CCC(=O)O)c2ccccc2)c1. The molecule has 0 aliphatic rings. The molecule has 3 nitrogen and oxygen atoms in total. The molecule has 0 saturated carbocycles. The summed E-state index contributed by atoms with van der Waals surface area (Å²) in [5.41, 5.74) is 2.45. The van der Waals surface area contributed by atoms with Gasteiger partial charge < -0.3 is 10.0 Å². The first kappa shape index (κ1) is 15.0. The van der Waals surface area contributed by atoms with Crippen molar-refractivity contribution in [2.75, 3.05) is 11.4 Å². The molecule has 0 spiro atoms. The number of anilines is 1. The molecule has 110 valence electrons. The molecule has 0 aliphatic heterocycles. The fourth-order valence-corrected chi connectivity index (χ4v) is 2.20. The van der Waals surface area contributed by atoms with Gasteiger partial charge >= 0.3 is 5.97 Å². The number of carbonyl (C=O) groups is 1. The highest BCUT2D eigenvalue weighted by Crippen LogP contribution is 2.19. The summed E-state index contributed by atoms with van der Waals surface area (Å²) in [6.07, 6.45) is 0.0162. The number of aryl methyl sites for hydroxylation is 1. The Kier molecular flexibility index (Phi) is 4.93. The van der Waals surface area contributed by atoms with Gasteiger partial charge in [-0.05, 0) is 25.1 Å². The first-order chi connectivity index (χ1) is 10.1. The predicted octanol–water partition coefficient (Wildman–Crippen LogP) is 3.62. The largest absolute Gasteiger partial charge is 0.481 e. The lowest BCUT2D eigenvalue weighted by Gasteiger charge is -2.24. The number of carboxylic acids is 1. The predicted molar refractivity (Wildman–Crippen MR) is 80.9 cm³/mol. The van der Waals surface area contributed by atoms with Crippen LogP contribution in [0.4, 0.5) is 10.1 Å². The van der Waals surface area contributed by atoms with Gasteiger partial charge in [-0.15, -0.1) is 0 Å². The fraction of sp³-hybridized carbons (Fsp3) is 0.235. The van der Waals surface area contributed by atoms with Gasteiger partial charge in [0, 0.05) is 24.3 Å². The molecule has 0 heterocycles. The van der Waals surface area contributed by atoms with E-state index in [1.165, 1.54) is 6.07 Å². The van der Waals surface area contributed by atoms with E-state index >= 15 is 0 Å². The summed E-state index contributed by atoms with van der Waals surface area (Å²) in [6.45, 7) is 2.60. The number of halogens is 1. The molecule has 21 heavy (non-hydrogen) atoms. The van der Waals surface area contributed by atoms with Crippen molar-refractivity contribution in [1.82, 2.24) is 0 Å². The van der Waals surface area contributed by atoms with Crippen molar-refractivity contribution in [3.8, 4) is 0 Å². The third-order valence-corrected chi connectivity index (χ3v) is 3.28. The highest BCUT2D eigenvalue weighted by atomic mass is 19.1. The van der Waals surface area contributed by atoms with Crippen LogP contribution in [0.2, 0.25) is 0 Å². The van der Waals surface area contributed by atoms with Crippen molar-refractivity contribution >= 4 is 11.7 Å². The smallest absolute Gasteiger partial charge is 0.305 e. The number of carboxylic acid groups (broad SMARTS) is 1. The van der Waals surface area contributed by atoms with Crippen molar-refractivity contribution in [2.45, 2.75) is 19.9 Å². The number of para-hydroxylation sites is 1. The second kappa shape index (κ2) is 6.88. The van der Waals surface area contributed by atoms with Gasteiger partial charge in [-0.3, -0.25) is 4.79 Å². The minimum atomic E-state index is -0.861. The van der Waals surface area contributed by atoms with Crippen LogP contribution >= 0.6 is 0 Å². The summed E-state index contributed by atoms with van der Waals surface area (Å²) in [5, 5.41) is 8.87. The molecule has 0 unspecified atom stereocenters. The minimum Gasteiger partial charge on any atom is -0.481 e. The summed E-state index contributed by atoms with van der Waals surface area (Å²) in [7, 11) is 0. The van der Waals surface area contributed by atoms with E-state index in [4.69, 9.17) is 5.11 Å². The zero-order valence-corrected chi connectivity index (χ0v) is 11.9. The van der Waals surface area contributed by atoms with Gasteiger partial charge in [0.2, 0.25) is 0 Å². The molecule has 2 aromatic carbocycles. The standard InChI is InChI=1S/C17H18FNO2/c1-13-7-8-16(18)14(11-13)12-19(10-9-17(20)21)15-5-3-2-4-6-15/h2-8,11H,9-10,12H2,1H3,(H,20,21). The molecule has 0 saturated heterocycles. The van der Waals surface area contributed by atoms with Crippen LogP contribution in [0.1, 0.15) is 17.5 Å². The van der Waals surface area contributed by atoms with E-state index in [2.05, 4.69) is 0 Å². The van der Waals surface area contributed by atoms with Gasteiger partial charge in [0.05, 0.1) is 6.42 Å². The van der Waals surface area contributed by atoms with Gasteiger partial charge in [-0.1, -0.05) is 35.9 Å². The van der Waals surface area contributed by atoms with Crippen LogP contribution in [0.5, 0.6) is 0 Å². The van der Waals surface area contributed by atoms with Crippen LogP contribution in [0, 0.1) is 12.7 Å². The molecular weight excluding hydrogens is 269 g/mol. The van der Waals surface area contributed by atoms with Crippen LogP contribution < -0.4 is 4.90 Å². The molecule has 2 rings (SSSR count). The fourth-order valence-electron chi connectivity index (χ4n) is 2.20. The molecule has 1 N–H and O–H groups in total. The second-order valence-electron chi connectivity index (χ2n) is 5.00. The Bertz CT molecular complexity index is 613. The third kappa shape index (κ3) is 4.31. The van der Waals surface area contributed by atoms with E-state index in [9.17, 15) is 9.18 Å². The average molecular weight is 287 g/mol. The molecule has 0 atom stereocenters. The lowest BCUT2D eigenvalue weighted by molar-refractivity contribution is -0.136. The minimum absolute atomic E-state index is 0.0162. The van der Waals surface area contributed by atoms with E-state index < -0.39 is 5.97 Å². The maximum absolute atomic E-state index is 13.9.